The molecule has 2 aromatic carbocycles. The van der Waals surface area contributed by atoms with Gasteiger partial charge in [-0.05, 0) is 29.8 Å². The van der Waals surface area contributed by atoms with E-state index in [9.17, 15) is 13.2 Å². The zero-order chi connectivity index (χ0) is 19.5. The van der Waals surface area contributed by atoms with Crippen molar-refractivity contribution in [1.82, 2.24) is 14.8 Å². The number of anilines is 1. The van der Waals surface area contributed by atoms with Gasteiger partial charge in [0.15, 0.2) is 0 Å². The number of benzene rings is 2. The maximum absolute atomic E-state index is 13.2. The molecule has 9 heteroatoms. The first-order valence-electron chi connectivity index (χ1n) is 8.43. The van der Waals surface area contributed by atoms with Gasteiger partial charge < -0.3 is 10.1 Å². The number of halogens is 4. The molecule has 0 saturated heterocycles. The summed E-state index contributed by atoms with van der Waals surface area (Å²) in [5.41, 5.74) is 2.97. The molecule has 0 amide bonds. The highest BCUT2D eigenvalue weighted by Gasteiger charge is 2.41. The topological polar surface area (TPSA) is 52.0 Å². The van der Waals surface area contributed by atoms with Gasteiger partial charge in [0.25, 0.3) is 5.82 Å². The van der Waals surface area contributed by atoms with Gasteiger partial charge in [-0.25, -0.2) is 4.68 Å². The van der Waals surface area contributed by atoms with Crippen LogP contribution in [0, 0.1) is 0 Å². The van der Waals surface area contributed by atoms with Crippen molar-refractivity contribution >= 4 is 23.2 Å². The van der Waals surface area contributed by atoms with E-state index in [1.807, 2.05) is 24.3 Å². The summed E-state index contributed by atoms with van der Waals surface area (Å²) in [6, 6.07) is 13.7. The van der Waals surface area contributed by atoms with Crippen LogP contribution in [0.2, 0.25) is 5.02 Å². The molecular formula is C19H12ClF3N4O. The maximum atomic E-state index is 13.2. The first kappa shape index (κ1) is 17.1. The van der Waals surface area contributed by atoms with Gasteiger partial charge in [0.1, 0.15) is 18.4 Å². The Morgan fingerprint density at radius 3 is 2.61 bits per heavy atom. The number of hydrogen-bond acceptors (Lipinski definition) is 4. The van der Waals surface area contributed by atoms with Crippen LogP contribution in [0.15, 0.2) is 54.1 Å². The lowest BCUT2D eigenvalue weighted by atomic mass is 9.92. The summed E-state index contributed by atoms with van der Waals surface area (Å²) in [7, 11) is 0. The maximum Gasteiger partial charge on any atom is 0.453 e. The SMILES string of the molecule is FC(F)(F)c1nc2n(n1)[C@H](c1ccc(Cl)cc1)C1=C(N2)c2ccccc2OC1. The summed E-state index contributed by atoms with van der Waals surface area (Å²) in [5.74, 6) is -0.502. The van der Waals surface area contributed by atoms with Gasteiger partial charge in [-0.2, -0.15) is 18.2 Å². The summed E-state index contributed by atoms with van der Waals surface area (Å²) < 4.78 is 46.8. The highest BCUT2D eigenvalue weighted by Crippen LogP contribution is 2.44. The molecule has 1 N–H and O–H groups in total. The van der Waals surface area contributed by atoms with Crippen molar-refractivity contribution in [1.29, 1.82) is 0 Å². The molecule has 3 aromatic rings. The molecule has 0 radical (unpaired) electrons. The average molecular weight is 405 g/mol. The van der Waals surface area contributed by atoms with Crippen LogP contribution in [0.4, 0.5) is 19.1 Å². The van der Waals surface area contributed by atoms with E-state index < -0.39 is 18.0 Å². The van der Waals surface area contributed by atoms with Crippen LogP contribution in [0.25, 0.3) is 5.70 Å². The second kappa shape index (κ2) is 6.00. The predicted octanol–water partition coefficient (Wildman–Crippen LogP) is 4.77. The molecule has 2 aliphatic heterocycles. The van der Waals surface area contributed by atoms with Crippen molar-refractivity contribution in [2.45, 2.75) is 12.2 Å². The smallest absolute Gasteiger partial charge is 0.453 e. The van der Waals surface area contributed by atoms with Crippen LogP contribution in [-0.2, 0) is 6.18 Å². The van der Waals surface area contributed by atoms with E-state index in [0.29, 0.717) is 16.5 Å². The third-order valence-electron chi connectivity index (χ3n) is 4.74. The van der Waals surface area contributed by atoms with Gasteiger partial charge in [-0.1, -0.05) is 35.9 Å². The lowest BCUT2D eigenvalue weighted by molar-refractivity contribution is -0.145. The number of alkyl halides is 3. The number of para-hydroxylation sites is 1. The van der Waals surface area contributed by atoms with Crippen molar-refractivity contribution in [3.63, 3.8) is 0 Å². The number of ether oxygens (including phenoxy) is 1. The Balaban J connectivity index is 1.73. The third kappa shape index (κ3) is 2.63. The Morgan fingerprint density at radius 1 is 1.11 bits per heavy atom. The molecule has 0 bridgehead atoms. The molecule has 0 aliphatic carbocycles. The van der Waals surface area contributed by atoms with E-state index in [2.05, 4.69) is 15.4 Å². The molecule has 5 nitrogen and oxygen atoms in total. The summed E-state index contributed by atoms with van der Waals surface area (Å²) in [4.78, 5) is 3.69. The third-order valence-corrected chi connectivity index (χ3v) is 4.99. The standard InChI is InChI=1S/C19H12ClF3N4O/c20-11-7-5-10(6-8-11)16-13-9-28-14-4-2-1-3-12(14)15(13)24-18-25-17(19(21,22)23)26-27(16)18/h1-8,16H,9H2,(H,24,25,26)/t16-/m1/s1. The van der Waals surface area contributed by atoms with Gasteiger partial charge >= 0.3 is 6.18 Å². The number of aromatic nitrogens is 3. The highest BCUT2D eigenvalue weighted by molar-refractivity contribution is 6.30. The van der Waals surface area contributed by atoms with E-state index in [4.69, 9.17) is 16.3 Å². The lowest BCUT2D eigenvalue weighted by Gasteiger charge is -2.34. The van der Waals surface area contributed by atoms with E-state index >= 15 is 0 Å². The molecule has 1 atom stereocenters. The second-order valence-electron chi connectivity index (χ2n) is 6.47. The zero-order valence-electron chi connectivity index (χ0n) is 14.2. The number of fused-ring (bicyclic) bond motifs is 3. The second-order valence-corrected chi connectivity index (χ2v) is 6.90. The Kier molecular flexibility index (Phi) is 3.67. The van der Waals surface area contributed by atoms with Crippen molar-refractivity contribution < 1.29 is 17.9 Å². The summed E-state index contributed by atoms with van der Waals surface area (Å²) in [6.07, 6.45) is -4.65. The fraction of sp³-hybridized carbons (Fsp3) is 0.158. The first-order chi connectivity index (χ1) is 13.4. The van der Waals surface area contributed by atoms with E-state index in [-0.39, 0.29) is 12.6 Å². The van der Waals surface area contributed by atoms with Crippen molar-refractivity contribution in [3.05, 3.63) is 76.1 Å². The largest absolute Gasteiger partial charge is 0.488 e. The normalized spacial score (nSPS) is 17.9. The first-order valence-corrected chi connectivity index (χ1v) is 8.81. The van der Waals surface area contributed by atoms with Crippen LogP contribution in [0.5, 0.6) is 5.75 Å². The molecule has 0 fully saturated rings. The van der Waals surface area contributed by atoms with Gasteiger partial charge in [-0.15, -0.1) is 5.10 Å². The monoisotopic (exact) mass is 404 g/mol. The van der Waals surface area contributed by atoms with Crippen LogP contribution in [0.3, 0.4) is 0 Å². The number of rotatable bonds is 1. The minimum absolute atomic E-state index is 0.0303. The summed E-state index contributed by atoms with van der Waals surface area (Å²) in [5, 5.41) is 7.30. The minimum atomic E-state index is -4.65. The molecule has 0 spiro atoms. The van der Waals surface area contributed by atoms with Crippen molar-refractivity contribution in [2.24, 2.45) is 0 Å². The lowest BCUT2D eigenvalue weighted by Crippen LogP contribution is -2.30. The molecular weight excluding hydrogens is 393 g/mol. The average Bonchev–Trinajstić information content (AvgIpc) is 3.11. The quantitative estimate of drug-likeness (QED) is 0.635. The molecule has 5 rings (SSSR count). The predicted molar refractivity (Wildman–Crippen MR) is 97.1 cm³/mol. The Labute approximate surface area is 162 Å². The van der Waals surface area contributed by atoms with E-state index in [1.54, 1.807) is 24.3 Å². The van der Waals surface area contributed by atoms with E-state index in [1.165, 1.54) is 4.68 Å². The van der Waals surface area contributed by atoms with Crippen molar-refractivity contribution in [3.8, 4) is 5.75 Å². The fourth-order valence-electron chi connectivity index (χ4n) is 3.52. The van der Waals surface area contributed by atoms with E-state index in [0.717, 1.165) is 16.7 Å². The Hall–Kier alpha value is -3.00. The van der Waals surface area contributed by atoms with Crippen LogP contribution < -0.4 is 10.1 Å². The van der Waals surface area contributed by atoms with Gasteiger partial charge in [0.2, 0.25) is 5.95 Å². The number of nitrogens with zero attached hydrogens (tertiary/aromatic N) is 3. The minimum Gasteiger partial charge on any atom is -0.488 e. The molecule has 3 heterocycles. The zero-order valence-corrected chi connectivity index (χ0v) is 14.9. The molecule has 0 unspecified atom stereocenters. The van der Waals surface area contributed by atoms with Gasteiger partial charge in [0.05, 0.1) is 5.70 Å². The van der Waals surface area contributed by atoms with Crippen LogP contribution in [0.1, 0.15) is 23.0 Å². The Morgan fingerprint density at radius 2 is 1.86 bits per heavy atom. The molecule has 28 heavy (non-hydrogen) atoms. The van der Waals surface area contributed by atoms with Gasteiger partial charge in [-0.3, -0.25) is 0 Å². The number of hydrogen-bond donors (Lipinski definition) is 1. The summed E-state index contributed by atoms with van der Waals surface area (Å²) >= 11 is 5.99. The van der Waals surface area contributed by atoms with Crippen molar-refractivity contribution in [2.75, 3.05) is 11.9 Å². The van der Waals surface area contributed by atoms with Crippen LogP contribution in [-0.4, -0.2) is 21.4 Å². The molecule has 0 saturated carbocycles. The Bertz CT molecular complexity index is 1110. The fourth-order valence-corrected chi connectivity index (χ4v) is 3.64. The molecule has 142 valence electrons. The molecule has 1 aromatic heterocycles. The van der Waals surface area contributed by atoms with Crippen LogP contribution >= 0.6 is 11.6 Å². The summed E-state index contributed by atoms with van der Waals surface area (Å²) in [6.45, 7) is 0.216. The van der Waals surface area contributed by atoms with Gasteiger partial charge in [0, 0.05) is 16.2 Å². The highest BCUT2D eigenvalue weighted by atomic mass is 35.5. The number of nitrogens with one attached hydrogen (secondary N) is 1. The molecule has 2 aliphatic rings.